The summed E-state index contributed by atoms with van der Waals surface area (Å²) in [5.74, 6) is 1.19. The van der Waals surface area contributed by atoms with Crippen molar-refractivity contribution in [2.75, 3.05) is 16.8 Å². The molecule has 0 bridgehead atoms. The third-order valence-electron chi connectivity index (χ3n) is 3.94. The molecule has 1 fully saturated rings. The summed E-state index contributed by atoms with van der Waals surface area (Å²) < 4.78 is 14.6. The fraction of sp³-hybridized carbons (Fsp3) is 0.375. The van der Waals surface area contributed by atoms with Gasteiger partial charge in [0.1, 0.15) is 11.4 Å². The molecule has 23 heavy (non-hydrogen) atoms. The van der Waals surface area contributed by atoms with Gasteiger partial charge in [-0.15, -0.1) is 5.10 Å². The van der Waals surface area contributed by atoms with Crippen LogP contribution in [0.3, 0.4) is 0 Å². The minimum atomic E-state index is -1.32. The third-order valence-corrected chi connectivity index (χ3v) is 4.93. The topological polar surface area (TPSA) is 67.2 Å². The highest BCUT2D eigenvalue weighted by Crippen LogP contribution is 2.28. The molecule has 2 heterocycles. The Morgan fingerprint density at radius 1 is 1.35 bits per heavy atom. The van der Waals surface area contributed by atoms with Crippen LogP contribution in [0.15, 0.2) is 30.3 Å². The normalized spacial score (nSPS) is 17.0. The monoisotopic (exact) mass is 335 g/mol. The number of carbonyl (C=O) groups excluding carboxylic acids is 1. The average molecular weight is 335 g/mol. The van der Waals surface area contributed by atoms with Gasteiger partial charge in [-0.1, -0.05) is 0 Å². The first-order chi connectivity index (χ1) is 11.0. The van der Waals surface area contributed by atoms with Gasteiger partial charge in [-0.05, 0) is 55.5 Å². The number of aliphatic hydroxyl groups is 1. The lowest BCUT2D eigenvalue weighted by atomic mass is 9.96. The number of nitrogens with zero attached hydrogens (tertiary/aromatic N) is 2. The van der Waals surface area contributed by atoms with Crippen LogP contribution in [0.2, 0.25) is 0 Å². The average Bonchev–Trinajstić information content (AvgIpc) is 2.89. The number of hydrogen-bond acceptors (Lipinski definition) is 4. The number of anilines is 1. The Morgan fingerprint density at radius 2 is 2.00 bits per heavy atom. The smallest absolute Gasteiger partial charge is 0.257 e. The second kappa shape index (κ2) is 6.33. The second-order valence-corrected chi connectivity index (χ2v) is 6.88. The Balaban J connectivity index is 1.78. The molecule has 5 nitrogen and oxygen atoms in total. The maximum atomic E-state index is 13.0. The number of thioether (sulfide) groups is 1. The van der Waals surface area contributed by atoms with Gasteiger partial charge in [0.05, 0.1) is 5.69 Å². The first kappa shape index (κ1) is 16.0. The second-order valence-electron chi connectivity index (χ2n) is 5.66. The fourth-order valence-electron chi connectivity index (χ4n) is 2.55. The summed E-state index contributed by atoms with van der Waals surface area (Å²) in [4.78, 5) is 12.3. The predicted octanol–water partition coefficient (Wildman–Crippen LogP) is 2.52. The van der Waals surface area contributed by atoms with Crippen LogP contribution in [0.1, 0.15) is 18.5 Å². The number of hydrogen-bond donors (Lipinski definition) is 2. The molecule has 3 rings (SSSR count). The number of aromatic nitrogens is 2. The number of amides is 1. The van der Waals surface area contributed by atoms with E-state index < -0.39 is 11.5 Å². The molecule has 0 unspecified atom stereocenters. The van der Waals surface area contributed by atoms with E-state index in [1.165, 1.54) is 12.1 Å². The van der Waals surface area contributed by atoms with Crippen molar-refractivity contribution in [3.63, 3.8) is 0 Å². The van der Waals surface area contributed by atoms with Crippen LogP contribution in [0.25, 0.3) is 5.69 Å². The summed E-state index contributed by atoms with van der Waals surface area (Å²) in [6.07, 6.45) is 0.891. The molecule has 7 heteroatoms. The Bertz CT molecular complexity index is 709. The van der Waals surface area contributed by atoms with Crippen molar-refractivity contribution in [1.82, 2.24) is 9.78 Å². The Morgan fingerprint density at radius 3 is 2.65 bits per heavy atom. The van der Waals surface area contributed by atoms with E-state index in [1.54, 1.807) is 34.6 Å². The van der Waals surface area contributed by atoms with Crippen LogP contribution in [0.5, 0.6) is 0 Å². The van der Waals surface area contributed by atoms with E-state index in [2.05, 4.69) is 10.4 Å². The molecule has 1 saturated heterocycles. The van der Waals surface area contributed by atoms with Crippen LogP contribution in [0.4, 0.5) is 10.2 Å². The van der Waals surface area contributed by atoms with E-state index in [1.807, 2.05) is 6.92 Å². The molecule has 2 N–H and O–H groups in total. The van der Waals surface area contributed by atoms with Crippen LogP contribution >= 0.6 is 11.8 Å². The highest BCUT2D eigenvalue weighted by molar-refractivity contribution is 7.99. The van der Waals surface area contributed by atoms with Crippen molar-refractivity contribution < 1.29 is 14.3 Å². The minimum absolute atomic E-state index is 0.315. The van der Waals surface area contributed by atoms with Crippen LogP contribution in [0, 0.1) is 12.7 Å². The Kier molecular flexibility index (Phi) is 4.41. The summed E-state index contributed by atoms with van der Waals surface area (Å²) in [5.41, 5.74) is 0.189. The largest absolute Gasteiger partial charge is 0.380 e. The maximum absolute atomic E-state index is 13.0. The number of halogens is 1. The number of rotatable bonds is 3. The van der Waals surface area contributed by atoms with Gasteiger partial charge in [-0.25, -0.2) is 9.07 Å². The lowest BCUT2D eigenvalue weighted by Gasteiger charge is -2.29. The minimum Gasteiger partial charge on any atom is -0.380 e. The van der Waals surface area contributed by atoms with Gasteiger partial charge in [-0.2, -0.15) is 11.8 Å². The number of aryl methyl sites for hydroxylation is 1. The van der Waals surface area contributed by atoms with E-state index in [4.69, 9.17) is 0 Å². The molecule has 1 aliphatic heterocycles. The van der Waals surface area contributed by atoms with Crippen molar-refractivity contribution in [2.45, 2.75) is 25.4 Å². The molecule has 0 saturated carbocycles. The molecule has 2 aromatic rings. The zero-order valence-corrected chi connectivity index (χ0v) is 13.6. The van der Waals surface area contributed by atoms with E-state index in [-0.39, 0.29) is 5.82 Å². The van der Waals surface area contributed by atoms with E-state index in [0.717, 1.165) is 17.2 Å². The molecule has 1 aliphatic rings. The molecular weight excluding hydrogens is 317 g/mol. The van der Waals surface area contributed by atoms with Crippen LogP contribution < -0.4 is 5.32 Å². The molecule has 1 amide bonds. The molecule has 0 aliphatic carbocycles. The SMILES string of the molecule is Cc1cc(NC(=O)C2(O)CCSCC2)nn1-c1ccc(F)cc1. The zero-order valence-electron chi connectivity index (χ0n) is 12.8. The summed E-state index contributed by atoms with van der Waals surface area (Å²) >= 11 is 1.74. The molecule has 0 radical (unpaired) electrons. The van der Waals surface area contributed by atoms with Crippen molar-refractivity contribution >= 4 is 23.5 Å². The predicted molar refractivity (Wildman–Crippen MR) is 88.4 cm³/mol. The summed E-state index contributed by atoms with van der Waals surface area (Å²) in [7, 11) is 0. The highest BCUT2D eigenvalue weighted by atomic mass is 32.2. The fourth-order valence-corrected chi connectivity index (χ4v) is 3.72. The van der Waals surface area contributed by atoms with Crippen molar-refractivity contribution in [1.29, 1.82) is 0 Å². The van der Waals surface area contributed by atoms with Gasteiger partial charge >= 0.3 is 0 Å². The zero-order chi connectivity index (χ0) is 16.4. The first-order valence-corrected chi connectivity index (χ1v) is 8.58. The molecule has 122 valence electrons. The van der Waals surface area contributed by atoms with Gasteiger partial charge in [0.25, 0.3) is 5.91 Å². The van der Waals surface area contributed by atoms with Gasteiger partial charge in [0.2, 0.25) is 0 Å². The van der Waals surface area contributed by atoms with Gasteiger partial charge < -0.3 is 10.4 Å². The highest BCUT2D eigenvalue weighted by Gasteiger charge is 2.37. The lowest BCUT2D eigenvalue weighted by Crippen LogP contribution is -2.45. The molecule has 1 aromatic heterocycles. The lowest BCUT2D eigenvalue weighted by molar-refractivity contribution is -0.134. The summed E-state index contributed by atoms with van der Waals surface area (Å²) in [5, 5.41) is 17.4. The molecular formula is C16H18FN3O2S. The number of benzene rings is 1. The Hall–Kier alpha value is -1.86. The van der Waals surface area contributed by atoms with Gasteiger partial charge in [0, 0.05) is 11.8 Å². The molecule has 0 spiro atoms. The van der Waals surface area contributed by atoms with E-state index >= 15 is 0 Å². The number of carbonyl (C=O) groups is 1. The van der Waals surface area contributed by atoms with Crippen molar-refractivity contribution in [2.24, 2.45) is 0 Å². The van der Waals surface area contributed by atoms with E-state index in [9.17, 15) is 14.3 Å². The van der Waals surface area contributed by atoms with E-state index in [0.29, 0.717) is 24.3 Å². The third kappa shape index (κ3) is 3.40. The van der Waals surface area contributed by atoms with Crippen LogP contribution in [-0.2, 0) is 4.79 Å². The van der Waals surface area contributed by atoms with Crippen molar-refractivity contribution in [3.05, 3.63) is 41.8 Å². The van der Waals surface area contributed by atoms with Gasteiger partial charge in [0.15, 0.2) is 5.82 Å². The maximum Gasteiger partial charge on any atom is 0.257 e. The van der Waals surface area contributed by atoms with Crippen molar-refractivity contribution in [3.8, 4) is 5.69 Å². The van der Waals surface area contributed by atoms with Gasteiger partial charge in [-0.3, -0.25) is 4.79 Å². The first-order valence-electron chi connectivity index (χ1n) is 7.42. The Labute approximate surface area is 137 Å². The number of nitrogens with one attached hydrogen (secondary N) is 1. The molecule has 1 aromatic carbocycles. The standard InChI is InChI=1S/C16H18FN3O2S/c1-11-10-14(18-15(21)16(22)6-8-23-9-7-16)19-20(11)13-4-2-12(17)3-5-13/h2-5,10,22H,6-9H2,1H3,(H,18,19,21). The molecule has 0 atom stereocenters. The summed E-state index contributed by atoms with van der Waals surface area (Å²) in [6.45, 7) is 1.85. The quantitative estimate of drug-likeness (QED) is 0.904. The van der Waals surface area contributed by atoms with Crippen LogP contribution in [-0.4, -0.2) is 37.9 Å². The summed E-state index contributed by atoms with van der Waals surface area (Å²) in [6, 6.07) is 7.68.